The smallest absolute Gasteiger partial charge is 0.00570 e. The van der Waals surface area contributed by atoms with Crippen LogP contribution in [0.15, 0.2) is 72.4 Å². The predicted molar refractivity (Wildman–Crippen MR) is 68.1 cm³/mol. The van der Waals surface area contributed by atoms with E-state index >= 15 is 0 Å². The number of hydrogen-bond donors (Lipinski definition) is 0. The van der Waals surface area contributed by atoms with Crippen LogP contribution in [0.1, 0.15) is 6.92 Å². The van der Waals surface area contributed by atoms with Crippen molar-refractivity contribution in [2.24, 2.45) is 0 Å². The van der Waals surface area contributed by atoms with E-state index in [0.717, 1.165) is 0 Å². The van der Waals surface area contributed by atoms with Crippen molar-refractivity contribution in [3.05, 3.63) is 85.3 Å². The molecular formula is C15H16Fe. The minimum atomic E-state index is 0. The molecule has 0 aromatic carbocycles. The van der Waals surface area contributed by atoms with Gasteiger partial charge in [-0.2, -0.15) is 0 Å². The van der Waals surface area contributed by atoms with E-state index in [1.165, 1.54) is 11.1 Å². The van der Waals surface area contributed by atoms with Gasteiger partial charge in [-0.05, 0) is 18.1 Å². The summed E-state index contributed by atoms with van der Waals surface area (Å²) < 4.78 is 0. The Morgan fingerprint density at radius 3 is 2.12 bits per heavy atom. The summed E-state index contributed by atoms with van der Waals surface area (Å²) in [5.41, 5.74) is 2.54. The van der Waals surface area contributed by atoms with Crippen molar-refractivity contribution in [3.63, 3.8) is 0 Å². The SMILES string of the molecule is C=C/C=C(/C)C1=C[CH]C=C1.[CH]1C=CC=C1.[Fe]. The van der Waals surface area contributed by atoms with Crippen LogP contribution in [-0.4, -0.2) is 0 Å². The Morgan fingerprint density at radius 1 is 1.06 bits per heavy atom. The summed E-state index contributed by atoms with van der Waals surface area (Å²) in [6, 6.07) is 0. The number of hydrogen-bond acceptors (Lipinski definition) is 0. The van der Waals surface area contributed by atoms with E-state index in [2.05, 4.69) is 25.7 Å². The molecule has 2 radical (unpaired) electrons. The molecule has 0 saturated heterocycles. The Bertz CT molecular complexity index is 342. The molecule has 0 aromatic rings. The Balaban J connectivity index is 0.000000318. The van der Waals surface area contributed by atoms with Crippen LogP contribution in [0.5, 0.6) is 0 Å². The maximum Gasteiger partial charge on any atom is 0.00570 e. The molecule has 84 valence electrons. The topological polar surface area (TPSA) is 0 Å². The van der Waals surface area contributed by atoms with Crippen LogP contribution in [0.25, 0.3) is 0 Å². The van der Waals surface area contributed by atoms with Gasteiger partial charge in [0.2, 0.25) is 0 Å². The first-order valence-corrected chi connectivity index (χ1v) is 5.02. The van der Waals surface area contributed by atoms with Gasteiger partial charge in [-0.25, -0.2) is 0 Å². The normalized spacial score (nSPS) is 16.3. The van der Waals surface area contributed by atoms with Crippen LogP contribution >= 0.6 is 0 Å². The Kier molecular flexibility index (Phi) is 8.61. The molecule has 0 unspecified atom stereocenters. The largest absolute Gasteiger partial charge is 0.0991 e. The second-order valence-electron chi connectivity index (χ2n) is 3.22. The minimum absolute atomic E-state index is 0. The summed E-state index contributed by atoms with van der Waals surface area (Å²) in [6.07, 6.45) is 22.1. The summed E-state index contributed by atoms with van der Waals surface area (Å²) in [7, 11) is 0. The average Bonchev–Trinajstić information content (AvgIpc) is 2.95. The Labute approximate surface area is 109 Å². The zero-order valence-corrected chi connectivity index (χ0v) is 10.5. The Morgan fingerprint density at radius 2 is 1.75 bits per heavy atom. The molecule has 0 saturated carbocycles. The van der Waals surface area contributed by atoms with Crippen molar-refractivity contribution in [2.75, 3.05) is 0 Å². The van der Waals surface area contributed by atoms with Crippen LogP contribution in [0, 0.1) is 12.8 Å². The third-order valence-electron chi connectivity index (χ3n) is 2.04. The zero-order chi connectivity index (χ0) is 10.9. The van der Waals surface area contributed by atoms with E-state index < -0.39 is 0 Å². The van der Waals surface area contributed by atoms with Gasteiger partial charge in [0.15, 0.2) is 0 Å². The van der Waals surface area contributed by atoms with Crippen molar-refractivity contribution in [1.29, 1.82) is 0 Å². The Hall–Kier alpha value is -1.04. The van der Waals surface area contributed by atoms with E-state index in [1.54, 1.807) is 0 Å². The summed E-state index contributed by atoms with van der Waals surface area (Å²) in [5, 5.41) is 0. The molecule has 0 nitrogen and oxygen atoms in total. The van der Waals surface area contributed by atoms with Crippen molar-refractivity contribution < 1.29 is 17.1 Å². The summed E-state index contributed by atoms with van der Waals surface area (Å²) in [6.45, 7) is 5.71. The van der Waals surface area contributed by atoms with Gasteiger partial charge < -0.3 is 0 Å². The molecule has 2 aliphatic rings. The van der Waals surface area contributed by atoms with Crippen LogP contribution in [0.2, 0.25) is 0 Å². The quantitative estimate of drug-likeness (QED) is 0.512. The van der Waals surface area contributed by atoms with E-state index in [4.69, 9.17) is 0 Å². The van der Waals surface area contributed by atoms with Gasteiger partial charge in [0.25, 0.3) is 0 Å². The first-order chi connectivity index (χ1) is 7.34. The minimum Gasteiger partial charge on any atom is -0.0991 e. The second-order valence-corrected chi connectivity index (χ2v) is 3.22. The van der Waals surface area contributed by atoms with Gasteiger partial charge >= 0.3 is 0 Å². The molecule has 0 heterocycles. The molecule has 0 aromatic heterocycles. The molecule has 0 amide bonds. The van der Waals surface area contributed by atoms with Crippen molar-refractivity contribution in [1.82, 2.24) is 0 Å². The van der Waals surface area contributed by atoms with E-state index in [1.807, 2.05) is 55.4 Å². The van der Waals surface area contributed by atoms with Gasteiger partial charge in [0.1, 0.15) is 0 Å². The molecular weight excluding hydrogens is 236 g/mol. The molecule has 0 aliphatic heterocycles. The van der Waals surface area contributed by atoms with E-state index in [9.17, 15) is 0 Å². The summed E-state index contributed by atoms with van der Waals surface area (Å²) >= 11 is 0. The van der Waals surface area contributed by atoms with E-state index in [-0.39, 0.29) is 17.1 Å². The number of rotatable bonds is 2. The summed E-state index contributed by atoms with van der Waals surface area (Å²) in [4.78, 5) is 0. The fourth-order valence-electron chi connectivity index (χ4n) is 1.23. The van der Waals surface area contributed by atoms with Crippen LogP contribution in [0.3, 0.4) is 0 Å². The fourth-order valence-corrected chi connectivity index (χ4v) is 1.23. The molecule has 0 atom stereocenters. The van der Waals surface area contributed by atoms with Gasteiger partial charge in [0.05, 0.1) is 0 Å². The molecule has 1 heteroatoms. The monoisotopic (exact) mass is 252 g/mol. The standard InChI is InChI=1S/C10H11.C5H5.Fe/c1-3-6-9(2)10-7-4-5-8-10;1-2-4-5-3-1;/h3-8H,1H2,2H3;1-5H;/b9-6-;;. The van der Waals surface area contributed by atoms with E-state index in [0.29, 0.717) is 0 Å². The molecule has 0 fully saturated rings. The molecule has 0 bridgehead atoms. The van der Waals surface area contributed by atoms with Crippen LogP contribution in [-0.2, 0) is 17.1 Å². The summed E-state index contributed by atoms with van der Waals surface area (Å²) in [5.74, 6) is 0. The van der Waals surface area contributed by atoms with Crippen LogP contribution < -0.4 is 0 Å². The maximum absolute atomic E-state index is 3.63. The first kappa shape index (κ1) is 15.0. The molecule has 2 rings (SSSR count). The molecule has 16 heavy (non-hydrogen) atoms. The second kappa shape index (κ2) is 9.20. The van der Waals surface area contributed by atoms with Gasteiger partial charge in [-0.15, -0.1) is 0 Å². The molecule has 0 N–H and O–H groups in total. The average molecular weight is 252 g/mol. The fraction of sp³-hybridized carbons (Fsp3) is 0.0667. The molecule has 0 spiro atoms. The predicted octanol–water partition coefficient (Wildman–Crippen LogP) is 4.13. The maximum atomic E-state index is 3.63. The van der Waals surface area contributed by atoms with Crippen LogP contribution in [0.4, 0.5) is 0 Å². The van der Waals surface area contributed by atoms with Gasteiger partial charge in [-0.3, -0.25) is 0 Å². The zero-order valence-electron chi connectivity index (χ0n) is 9.41. The van der Waals surface area contributed by atoms with Crippen molar-refractivity contribution in [3.8, 4) is 0 Å². The molecule has 2 aliphatic carbocycles. The van der Waals surface area contributed by atoms with Crippen molar-refractivity contribution >= 4 is 0 Å². The van der Waals surface area contributed by atoms with Gasteiger partial charge in [-0.1, -0.05) is 61.3 Å². The first-order valence-electron chi connectivity index (χ1n) is 5.02. The third kappa shape index (κ3) is 5.75. The van der Waals surface area contributed by atoms with Crippen molar-refractivity contribution in [2.45, 2.75) is 6.92 Å². The number of allylic oxidation sites excluding steroid dienone is 11. The van der Waals surface area contributed by atoms with Gasteiger partial charge in [0, 0.05) is 29.9 Å². The third-order valence-corrected chi connectivity index (χ3v) is 2.04.